The molecule has 1 aliphatic carbocycles. The molecule has 0 amide bonds. The molecule has 0 aliphatic heterocycles. The molecule has 0 saturated heterocycles. The van der Waals surface area contributed by atoms with Crippen LogP contribution in [0, 0.1) is 17.8 Å². The van der Waals surface area contributed by atoms with Gasteiger partial charge >= 0.3 is 6.18 Å². The molecule has 190 valence electrons. The van der Waals surface area contributed by atoms with Crippen molar-refractivity contribution < 1.29 is 27.9 Å². The van der Waals surface area contributed by atoms with Crippen LogP contribution < -0.4 is 5.32 Å². The second-order valence-corrected chi connectivity index (χ2v) is 8.49. The smallest absolute Gasteiger partial charge is 0.395 e. The van der Waals surface area contributed by atoms with Crippen LogP contribution in [0.25, 0.3) is 17.6 Å². The third-order valence-corrected chi connectivity index (χ3v) is 5.86. The zero-order valence-electron chi connectivity index (χ0n) is 19.0. The number of hydrogen-bond donors (Lipinski definition) is 4. The second-order valence-electron chi connectivity index (χ2n) is 8.12. The quantitative estimate of drug-likeness (QED) is 0.210. The van der Waals surface area contributed by atoms with Crippen LogP contribution in [-0.4, -0.2) is 48.1 Å². The number of hydrogen-bond acceptors (Lipinski definition) is 8. The van der Waals surface area contributed by atoms with Crippen LogP contribution in [0.15, 0.2) is 23.0 Å². The van der Waals surface area contributed by atoms with Crippen molar-refractivity contribution in [3.8, 4) is 23.4 Å². The lowest BCUT2D eigenvalue weighted by molar-refractivity contribution is -0.160. The lowest BCUT2D eigenvalue weighted by Crippen LogP contribution is -2.25. The lowest BCUT2D eigenvalue weighted by Gasteiger charge is -2.18. The van der Waals surface area contributed by atoms with Crippen molar-refractivity contribution in [2.24, 2.45) is 5.92 Å². The minimum Gasteiger partial charge on any atom is -0.396 e. The Hall–Kier alpha value is -3.24. The zero-order valence-corrected chi connectivity index (χ0v) is 19.7. The van der Waals surface area contributed by atoms with Gasteiger partial charge in [0.05, 0.1) is 17.7 Å². The van der Waals surface area contributed by atoms with Crippen molar-refractivity contribution in [3.63, 3.8) is 0 Å². The summed E-state index contributed by atoms with van der Waals surface area (Å²) in [5.74, 6) is 4.68. The van der Waals surface area contributed by atoms with Gasteiger partial charge in [0.1, 0.15) is 34.7 Å². The molecule has 13 heteroatoms. The Morgan fingerprint density at radius 1 is 1.36 bits per heavy atom. The monoisotopic (exact) mass is 522 g/mol. The number of aromatic nitrogens is 5. The van der Waals surface area contributed by atoms with E-state index in [1.807, 2.05) is 0 Å². The topological polar surface area (TPSA) is 133 Å². The Balaban J connectivity index is 1.44. The first-order valence-corrected chi connectivity index (χ1v) is 11.4. The van der Waals surface area contributed by atoms with Gasteiger partial charge in [-0.3, -0.25) is 5.32 Å². The summed E-state index contributed by atoms with van der Waals surface area (Å²) in [5.41, 5.74) is 1.47. The summed E-state index contributed by atoms with van der Waals surface area (Å²) in [6, 6.07) is 1.02. The maximum absolute atomic E-state index is 13.0. The minimum absolute atomic E-state index is 0.0269. The van der Waals surface area contributed by atoms with Crippen molar-refractivity contribution in [2.75, 3.05) is 6.61 Å². The summed E-state index contributed by atoms with van der Waals surface area (Å²) < 4.78 is 44.5. The van der Waals surface area contributed by atoms with E-state index < -0.39 is 24.4 Å². The van der Waals surface area contributed by atoms with Gasteiger partial charge in [-0.1, -0.05) is 28.8 Å². The molecule has 36 heavy (non-hydrogen) atoms. The summed E-state index contributed by atoms with van der Waals surface area (Å²) >= 11 is 6.32. The Morgan fingerprint density at radius 3 is 2.92 bits per heavy atom. The molecule has 4 rings (SSSR count). The Kier molecular flexibility index (Phi) is 7.75. The van der Waals surface area contributed by atoms with E-state index in [0.29, 0.717) is 35.7 Å². The van der Waals surface area contributed by atoms with Gasteiger partial charge in [-0.15, -0.1) is 0 Å². The maximum Gasteiger partial charge on any atom is 0.395 e. The number of allylic oxidation sites excluding steroid dienone is 1. The summed E-state index contributed by atoms with van der Waals surface area (Å²) in [6.45, 7) is 1.74. The third kappa shape index (κ3) is 5.76. The van der Waals surface area contributed by atoms with Crippen LogP contribution in [0.4, 0.5) is 13.2 Å². The van der Waals surface area contributed by atoms with Gasteiger partial charge in [0.15, 0.2) is 11.6 Å². The van der Waals surface area contributed by atoms with Gasteiger partial charge in [0.25, 0.3) is 0 Å². The van der Waals surface area contributed by atoms with E-state index in [2.05, 4.69) is 42.3 Å². The standard InChI is InChI=1S/C23H22ClF3N6O3/c1-12(30-22(35)20-19(24)15(28-11-29-20)5-3-2-4-8-34)18-10-17(33-36-18)21-31-14-7-6-13(23(25,26)27)9-16(14)32-21/h6-7,10-13,22,30,34-35H,2,4,8-9H2,1H3,(H,31,32). The molecule has 3 unspecified atom stereocenters. The van der Waals surface area contributed by atoms with Crippen LogP contribution in [-0.2, 0) is 6.42 Å². The first kappa shape index (κ1) is 25.8. The average molecular weight is 523 g/mol. The zero-order chi connectivity index (χ0) is 25.9. The fourth-order valence-electron chi connectivity index (χ4n) is 3.54. The Morgan fingerprint density at radius 2 is 2.17 bits per heavy atom. The molecular weight excluding hydrogens is 501 g/mol. The number of fused-ring (bicyclic) bond motifs is 1. The summed E-state index contributed by atoms with van der Waals surface area (Å²) in [6.07, 6.45) is -1.19. The number of aliphatic hydroxyl groups is 2. The number of H-pyrrole nitrogens is 1. The summed E-state index contributed by atoms with van der Waals surface area (Å²) in [5, 5.41) is 26.4. The highest BCUT2D eigenvalue weighted by Gasteiger charge is 2.40. The van der Waals surface area contributed by atoms with E-state index in [1.165, 1.54) is 12.4 Å². The second kappa shape index (κ2) is 10.8. The van der Waals surface area contributed by atoms with Gasteiger partial charge < -0.3 is 19.7 Å². The number of unbranched alkanes of at least 4 members (excludes halogenated alkanes) is 1. The molecular formula is C23H22ClF3N6O3. The van der Waals surface area contributed by atoms with E-state index in [9.17, 15) is 18.3 Å². The molecule has 1 aliphatic rings. The van der Waals surface area contributed by atoms with Crippen LogP contribution in [0.1, 0.15) is 60.6 Å². The average Bonchev–Trinajstić information content (AvgIpc) is 3.49. The number of alkyl halides is 3. The van der Waals surface area contributed by atoms with Gasteiger partial charge in [-0.25, -0.2) is 15.0 Å². The van der Waals surface area contributed by atoms with E-state index in [0.717, 1.165) is 6.08 Å². The summed E-state index contributed by atoms with van der Waals surface area (Å²) in [7, 11) is 0. The molecule has 0 aromatic carbocycles. The van der Waals surface area contributed by atoms with Gasteiger partial charge in [-0.05, 0) is 25.3 Å². The minimum atomic E-state index is -4.33. The number of rotatable bonds is 7. The number of nitrogens with zero attached hydrogens (tertiary/aromatic N) is 4. The fraction of sp³-hybridized carbons (Fsp3) is 0.391. The molecule has 0 fully saturated rings. The predicted molar refractivity (Wildman–Crippen MR) is 123 cm³/mol. The molecule has 3 heterocycles. The van der Waals surface area contributed by atoms with Crippen molar-refractivity contribution in [3.05, 3.63) is 52.0 Å². The highest BCUT2D eigenvalue weighted by Crippen LogP contribution is 2.35. The van der Waals surface area contributed by atoms with E-state index in [-0.39, 0.29) is 35.3 Å². The highest BCUT2D eigenvalue weighted by atomic mass is 35.5. The van der Waals surface area contributed by atoms with Gasteiger partial charge in [0.2, 0.25) is 0 Å². The van der Waals surface area contributed by atoms with E-state index in [4.69, 9.17) is 21.2 Å². The third-order valence-electron chi connectivity index (χ3n) is 5.49. The SMILES string of the molecule is CC(NC(O)c1ncnc(C#CCCCO)c1Cl)c1cc(-c2nc3c([nH]2)CC(C(F)(F)F)C=C3)no1. The molecule has 0 saturated carbocycles. The highest BCUT2D eigenvalue weighted by molar-refractivity contribution is 6.32. The largest absolute Gasteiger partial charge is 0.396 e. The van der Waals surface area contributed by atoms with Crippen molar-refractivity contribution in [1.29, 1.82) is 0 Å². The molecule has 3 aromatic rings. The van der Waals surface area contributed by atoms with Crippen molar-refractivity contribution in [1.82, 2.24) is 30.4 Å². The first-order chi connectivity index (χ1) is 17.2. The Labute approximate surface area is 208 Å². The Bertz CT molecular complexity index is 1310. The normalized spacial score (nSPS) is 16.8. The van der Waals surface area contributed by atoms with Gasteiger partial charge in [0, 0.05) is 31.2 Å². The lowest BCUT2D eigenvalue weighted by atomic mass is 9.96. The molecule has 0 spiro atoms. The van der Waals surface area contributed by atoms with Crippen LogP contribution in [0.5, 0.6) is 0 Å². The molecule has 0 radical (unpaired) electrons. The fourth-order valence-corrected chi connectivity index (χ4v) is 3.78. The van der Waals surface area contributed by atoms with Crippen LogP contribution >= 0.6 is 11.6 Å². The number of aromatic amines is 1. The van der Waals surface area contributed by atoms with E-state index in [1.54, 1.807) is 13.0 Å². The number of halogens is 4. The number of nitrogens with one attached hydrogen (secondary N) is 2. The molecule has 0 bridgehead atoms. The predicted octanol–water partition coefficient (Wildman–Crippen LogP) is 3.72. The summed E-state index contributed by atoms with van der Waals surface area (Å²) in [4.78, 5) is 15.3. The van der Waals surface area contributed by atoms with E-state index >= 15 is 0 Å². The van der Waals surface area contributed by atoms with Crippen molar-refractivity contribution >= 4 is 17.7 Å². The first-order valence-electron chi connectivity index (χ1n) is 11.0. The van der Waals surface area contributed by atoms with Gasteiger partial charge in [-0.2, -0.15) is 13.2 Å². The van der Waals surface area contributed by atoms with Crippen molar-refractivity contribution in [2.45, 2.75) is 44.6 Å². The van der Waals surface area contributed by atoms with Crippen LogP contribution in [0.2, 0.25) is 5.02 Å². The molecule has 9 nitrogen and oxygen atoms in total. The number of aliphatic hydroxyl groups excluding tert-OH is 2. The molecule has 3 aromatic heterocycles. The molecule has 3 atom stereocenters. The molecule has 4 N–H and O–H groups in total. The maximum atomic E-state index is 13.0. The number of imidazole rings is 1. The van der Waals surface area contributed by atoms with Crippen LogP contribution in [0.3, 0.4) is 0 Å².